The maximum Gasteiger partial charge on any atom is 0.383 e. The van der Waals surface area contributed by atoms with E-state index in [-0.39, 0.29) is 5.91 Å². The molecule has 0 saturated carbocycles. The molecule has 0 radical (unpaired) electrons. The Morgan fingerprint density at radius 1 is 1.56 bits per heavy atom. The van der Waals surface area contributed by atoms with Crippen LogP contribution in [0.5, 0.6) is 0 Å². The monoisotopic (exact) mass is 129 g/mol. The predicted molar refractivity (Wildman–Crippen MR) is 35.7 cm³/mol. The molecule has 1 amide bonds. The molecule has 0 aromatic carbocycles. The molecule has 0 aromatic rings. The fourth-order valence-corrected chi connectivity index (χ4v) is 1.05. The van der Waals surface area contributed by atoms with Crippen molar-refractivity contribution in [2.24, 2.45) is 0 Å². The third kappa shape index (κ3) is 1.63. The molecule has 0 aromatic heterocycles. The second-order valence-electron chi connectivity index (χ2n) is 2.39. The van der Waals surface area contributed by atoms with Gasteiger partial charge in [0.2, 0.25) is 0 Å². The van der Waals surface area contributed by atoms with Gasteiger partial charge in [-0.2, -0.15) is 4.58 Å². The first-order chi connectivity index (χ1) is 4.30. The lowest BCUT2D eigenvalue weighted by molar-refractivity contribution is -0.448. The summed E-state index contributed by atoms with van der Waals surface area (Å²) in [6.45, 7) is 2.54. The van der Waals surface area contributed by atoms with E-state index >= 15 is 0 Å². The van der Waals surface area contributed by atoms with Gasteiger partial charge < -0.3 is 0 Å². The number of nitrogens with zero attached hydrogens (tertiary/aromatic N) is 1. The number of amides is 1. The summed E-state index contributed by atoms with van der Waals surface area (Å²) < 4.78 is 1.80. The molecule has 0 N–H and O–H groups in total. The Morgan fingerprint density at radius 2 is 2.33 bits per heavy atom. The highest BCUT2D eigenvalue weighted by molar-refractivity contribution is 5.70. The van der Waals surface area contributed by atoms with E-state index < -0.39 is 0 Å². The molecular weight excluding hydrogens is 117 g/mol. The van der Waals surface area contributed by atoms with Crippen molar-refractivity contribution in [2.75, 3.05) is 6.54 Å². The Bertz CT molecular complexity index is 149. The number of hydrogen-bond acceptors (Lipinski definition) is 1. The van der Waals surface area contributed by atoms with Gasteiger partial charge in [-0.15, -0.1) is 0 Å². The average Bonchev–Trinajstić information content (AvgIpc) is 1.90. The second-order valence-corrected chi connectivity index (χ2v) is 2.39. The quantitative estimate of drug-likeness (QED) is 0.350. The topological polar surface area (TPSA) is 20.1 Å². The van der Waals surface area contributed by atoms with Gasteiger partial charge in [0.15, 0.2) is 6.54 Å². The molecule has 1 heterocycles. The van der Waals surface area contributed by atoms with Gasteiger partial charge in [0, 0.05) is 12.8 Å². The second kappa shape index (κ2) is 2.76. The van der Waals surface area contributed by atoms with Gasteiger partial charge in [0.25, 0.3) is 0 Å². The maximum atomic E-state index is 10.7. The smallest absolute Gasteiger partial charge is 0.220 e. The molecule has 1 aliphatic rings. The van der Waals surface area contributed by atoms with Gasteiger partial charge in [-0.1, -0.05) is 0 Å². The van der Waals surface area contributed by atoms with E-state index in [0.29, 0.717) is 0 Å². The first kappa shape index (κ1) is 6.46. The van der Waals surface area contributed by atoms with Crippen LogP contribution in [0.15, 0.2) is 0 Å². The molecule has 0 bridgehead atoms. The number of hydrogen-bond donors (Lipinski definition) is 0. The zero-order valence-electron chi connectivity index (χ0n) is 5.76. The highest BCUT2D eigenvalue weighted by Gasteiger charge is 2.13. The van der Waals surface area contributed by atoms with Crippen LogP contribution in [0.1, 0.15) is 26.2 Å². The van der Waals surface area contributed by atoms with Crippen LogP contribution < -0.4 is 0 Å². The molecule has 0 aliphatic carbocycles. The van der Waals surface area contributed by atoms with Crippen molar-refractivity contribution in [1.29, 1.82) is 0 Å². The summed E-state index contributed by atoms with van der Waals surface area (Å²) >= 11 is 0. The van der Waals surface area contributed by atoms with E-state index in [4.69, 9.17) is 0 Å². The minimum Gasteiger partial charge on any atom is -0.220 e. The summed E-state index contributed by atoms with van der Waals surface area (Å²) in [5, 5.41) is 0. The van der Waals surface area contributed by atoms with Gasteiger partial charge in [-0.25, -0.2) is 4.79 Å². The lowest BCUT2D eigenvalue weighted by atomic mass is 10.5. The largest absolute Gasteiger partial charge is 0.383 e. The molecule has 2 heteroatoms. The van der Waals surface area contributed by atoms with Gasteiger partial charge in [0.05, 0.1) is 6.92 Å². The van der Waals surface area contributed by atoms with Gasteiger partial charge in [0.1, 0.15) is 6.21 Å². The van der Waals surface area contributed by atoms with Crippen molar-refractivity contribution in [1.82, 2.24) is 0 Å². The Kier molecular flexibility index (Phi) is 1.98. The summed E-state index contributed by atoms with van der Waals surface area (Å²) in [4.78, 5) is 10.7. The van der Waals surface area contributed by atoms with Crippen LogP contribution in [0.4, 0.5) is 0 Å². The summed E-state index contributed by atoms with van der Waals surface area (Å²) in [7, 11) is 0. The van der Waals surface area contributed by atoms with E-state index in [1.807, 2.05) is 6.21 Å². The van der Waals surface area contributed by atoms with E-state index in [0.717, 1.165) is 19.4 Å². The van der Waals surface area contributed by atoms with Crippen molar-refractivity contribution >= 4 is 12.1 Å². The van der Waals surface area contributed by atoms with Crippen molar-refractivity contribution in [3.63, 3.8) is 0 Å². The number of carbonyl (C=O) groups is 1. The van der Waals surface area contributed by atoms with E-state index in [2.05, 4.69) is 0 Å². The standard InChI is InChI=1S/C7H12NO/c1-7(9)8-5-3-2-4-6-8/h5H,2-4,6H2,1H3/q+1/i2+1,4+1,6+1. The Hall–Kier alpha value is -0.660. The summed E-state index contributed by atoms with van der Waals surface area (Å²) in [5.41, 5.74) is 0. The SMILES string of the molecule is CC(=O)[N+]1=CC[13CH2][13CH2][13CH2]1. The highest BCUT2D eigenvalue weighted by atomic mass is 16.2. The lowest BCUT2D eigenvalue weighted by Gasteiger charge is -2.02. The molecule has 9 heavy (non-hydrogen) atoms. The minimum atomic E-state index is 0.176. The predicted octanol–water partition coefficient (Wildman–Crippen LogP) is 0.800. The van der Waals surface area contributed by atoms with Crippen LogP contribution in [-0.4, -0.2) is 23.2 Å². The van der Waals surface area contributed by atoms with Crippen molar-refractivity contribution < 1.29 is 9.37 Å². The lowest BCUT2D eigenvalue weighted by Crippen LogP contribution is -2.23. The molecule has 0 saturated heterocycles. The van der Waals surface area contributed by atoms with E-state index in [1.165, 1.54) is 6.42 Å². The van der Waals surface area contributed by atoms with E-state index in [9.17, 15) is 4.79 Å². The molecule has 2 nitrogen and oxygen atoms in total. The third-order valence-corrected chi connectivity index (χ3v) is 1.61. The number of rotatable bonds is 0. The molecule has 1 rings (SSSR count). The third-order valence-electron chi connectivity index (χ3n) is 1.61. The fraction of sp³-hybridized carbons (Fsp3) is 0.714. The van der Waals surface area contributed by atoms with Crippen LogP contribution in [0.3, 0.4) is 0 Å². The molecular formula is C7H12NO+. The first-order valence-corrected chi connectivity index (χ1v) is 3.41. The maximum absolute atomic E-state index is 10.7. The molecule has 50 valence electrons. The molecule has 0 fully saturated rings. The molecule has 0 atom stereocenters. The van der Waals surface area contributed by atoms with Crippen LogP contribution in [0, 0.1) is 0 Å². The van der Waals surface area contributed by atoms with Crippen LogP contribution >= 0.6 is 0 Å². The van der Waals surface area contributed by atoms with Crippen molar-refractivity contribution in [3.05, 3.63) is 0 Å². The zero-order valence-corrected chi connectivity index (χ0v) is 5.76. The van der Waals surface area contributed by atoms with Crippen LogP contribution in [0.25, 0.3) is 0 Å². The summed E-state index contributed by atoms with van der Waals surface area (Å²) in [5.74, 6) is 0.176. The molecule has 0 unspecified atom stereocenters. The first-order valence-electron chi connectivity index (χ1n) is 3.41. The van der Waals surface area contributed by atoms with Crippen LogP contribution in [0.2, 0.25) is 0 Å². The Balaban J connectivity index is 2.57. The summed E-state index contributed by atoms with van der Waals surface area (Å²) in [6, 6.07) is 0. The Labute approximate surface area is 55.2 Å². The molecule has 1 aliphatic heterocycles. The van der Waals surface area contributed by atoms with Gasteiger partial charge in [-0.05, 0) is 6.42 Å². The minimum absolute atomic E-state index is 0.176. The highest BCUT2D eigenvalue weighted by Crippen LogP contribution is 1.99. The van der Waals surface area contributed by atoms with Gasteiger partial charge in [-0.3, -0.25) is 0 Å². The average molecular weight is 129 g/mol. The number of carbonyl (C=O) groups excluding carboxylic acids is 1. The van der Waals surface area contributed by atoms with Crippen LogP contribution in [-0.2, 0) is 4.79 Å². The summed E-state index contributed by atoms with van der Waals surface area (Å²) in [6.07, 6.45) is 5.46. The Morgan fingerprint density at radius 3 is 2.67 bits per heavy atom. The van der Waals surface area contributed by atoms with Crippen molar-refractivity contribution in [3.8, 4) is 0 Å². The van der Waals surface area contributed by atoms with Gasteiger partial charge >= 0.3 is 5.91 Å². The zero-order chi connectivity index (χ0) is 6.69. The fourth-order valence-electron chi connectivity index (χ4n) is 1.05. The van der Waals surface area contributed by atoms with E-state index in [1.54, 1.807) is 11.5 Å². The molecule has 0 spiro atoms. The normalized spacial score (nSPS) is 19.0. The van der Waals surface area contributed by atoms with Crippen molar-refractivity contribution in [2.45, 2.75) is 26.2 Å².